The van der Waals surface area contributed by atoms with Gasteiger partial charge in [0.2, 0.25) is 0 Å². The van der Waals surface area contributed by atoms with Crippen LogP contribution in [0.3, 0.4) is 0 Å². The topological polar surface area (TPSA) is 37.3 Å². The monoisotopic (exact) mass is 194 g/mol. The van der Waals surface area contributed by atoms with E-state index < -0.39 is 5.97 Å². The molecule has 2 heteroatoms. The van der Waals surface area contributed by atoms with Crippen molar-refractivity contribution in [3.63, 3.8) is 0 Å². The zero-order valence-electron chi connectivity index (χ0n) is 8.75. The van der Waals surface area contributed by atoms with Gasteiger partial charge in [-0.3, -0.25) is 4.79 Å². The van der Waals surface area contributed by atoms with E-state index in [0.717, 1.165) is 18.3 Å². The zero-order valence-corrected chi connectivity index (χ0v) is 8.75. The SMILES string of the molecule is CC1CC2(CC(=O)O)CC3CC3(C1)C2. The average molecular weight is 194 g/mol. The van der Waals surface area contributed by atoms with Crippen molar-refractivity contribution in [1.82, 2.24) is 0 Å². The van der Waals surface area contributed by atoms with Gasteiger partial charge in [0, 0.05) is 0 Å². The first-order valence-electron chi connectivity index (χ1n) is 5.76. The summed E-state index contributed by atoms with van der Waals surface area (Å²) in [6, 6.07) is 0. The van der Waals surface area contributed by atoms with E-state index in [2.05, 4.69) is 6.92 Å². The molecule has 0 saturated heterocycles. The molecule has 0 aromatic heterocycles. The first-order chi connectivity index (χ1) is 6.54. The predicted molar refractivity (Wildman–Crippen MR) is 52.9 cm³/mol. The van der Waals surface area contributed by atoms with Crippen LogP contribution >= 0.6 is 0 Å². The molecule has 78 valence electrons. The van der Waals surface area contributed by atoms with Crippen LogP contribution in [0.5, 0.6) is 0 Å². The largest absolute Gasteiger partial charge is 0.481 e. The minimum absolute atomic E-state index is 0.201. The Morgan fingerprint density at radius 2 is 2.14 bits per heavy atom. The minimum atomic E-state index is -0.587. The van der Waals surface area contributed by atoms with Crippen LogP contribution in [-0.4, -0.2) is 11.1 Å². The van der Waals surface area contributed by atoms with Crippen molar-refractivity contribution in [3.05, 3.63) is 0 Å². The van der Waals surface area contributed by atoms with E-state index in [1.807, 2.05) is 0 Å². The number of rotatable bonds is 2. The molecule has 3 aliphatic rings. The molecule has 1 N–H and O–H groups in total. The van der Waals surface area contributed by atoms with Crippen LogP contribution in [0.2, 0.25) is 0 Å². The quantitative estimate of drug-likeness (QED) is 0.733. The van der Waals surface area contributed by atoms with Gasteiger partial charge >= 0.3 is 5.97 Å². The number of hydrogen-bond acceptors (Lipinski definition) is 1. The van der Waals surface area contributed by atoms with Gasteiger partial charge in [0.05, 0.1) is 6.42 Å². The number of carboxylic acids is 1. The lowest BCUT2D eigenvalue weighted by Crippen LogP contribution is -2.31. The fourth-order valence-electron chi connectivity index (χ4n) is 4.79. The Labute approximate surface area is 84.7 Å². The number of hydrogen-bond donors (Lipinski definition) is 1. The molecule has 2 nitrogen and oxygen atoms in total. The Hall–Kier alpha value is -0.530. The summed E-state index contributed by atoms with van der Waals surface area (Å²) in [5.74, 6) is 1.07. The lowest BCUT2D eigenvalue weighted by atomic mass is 9.66. The standard InChI is InChI=1S/C12H18O2/c1-8-2-11(6-10(13)14)4-9-5-12(9,3-8)7-11/h8-9H,2-7H2,1H3,(H,13,14). The molecule has 0 amide bonds. The van der Waals surface area contributed by atoms with Gasteiger partial charge in [-0.05, 0) is 54.8 Å². The normalized spacial score (nSPS) is 54.1. The number of carbonyl (C=O) groups is 1. The molecule has 0 aromatic carbocycles. The minimum Gasteiger partial charge on any atom is -0.481 e. The summed E-state index contributed by atoms with van der Waals surface area (Å²) >= 11 is 0. The molecule has 3 aliphatic carbocycles. The van der Waals surface area contributed by atoms with Gasteiger partial charge in [-0.2, -0.15) is 0 Å². The van der Waals surface area contributed by atoms with Crippen molar-refractivity contribution >= 4 is 5.97 Å². The van der Waals surface area contributed by atoms with Crippen LogP contribution < -0.4 is 0 Å². The molecule has 0 radical (unpaired) electrons. The highest BCUT2D eigenvalue weighted by atomic mass is 16.4. The summed E-state index contributed by atoms with van der Waals surface area (Å²) in [6.07, 6.45) is 6.80. The molecular formula is C12H18O2. The maximum Gasteiger partial charge on any atom is 0.303 e. The van der Waals surface area contributed by atoms with E-state index in [4.69, 9.17) is 5.11 Å². The Morgan fingerprint density at radius 1 is 1.36 bits per heavy atom. The van der Waals surface area contributed by atoms with Crippen LogP contribution in [0.4, 0.5) is 0 Å². The summed E-state index contributed by atoms with van der Waals surface area (Å²) in [4.78, 5) is 10.9. The summed E-state index contributed by atoms with van der Waals surface area (Å²) in [5, 5.41) is 8.97. The highest BCUT2D eigenvalue weighted by Crippen LogP contribution is 2.76. The van der Waals surface area contributed by atoms with E-state index >= 15 is 0 Å². The number of fused-ring (bicyclic) bond motifs is 1. The van der Waals surface area contributed by atoms with Gasteiger partial charge in [0.15, 0.2) is 0 Å². The molecule has 2 bridgehead atoms. The average Bonchev–Trinajstić information content (AvgIpc) is 2.49. The van der Waals surface area contributed by atoms with Crippen LogP contribution in [0, 0.1) is 22.7 Å². The molecule has 4 unspecified atom stereocenters. The molecule has 14 heavy (non-hydrogen) atoms. The van der Waals surface area contributed by atoms with Gasteiger partial charge in [-0.1, -0.05) is 6.92 Å². The molecule has 0 aromatic rings. The summed E-state index contributed by atoms with van der Waals surface area (Å²) in [6.45, 7) is 2.30. The maximum absolute atomic E-state index is 10.9. The molecule has 3 saturated carbocycles. The third-order valence-corrected chi connectivity index (χ3v) is 4.83. The molecule has 3 rings (SSSR count). The fraction of sp³-hybridized carbons (Fsp3) is 0.917. The van der Waals surface area contributed by atoms with E-state index in [0.29, 0.717) is 11.8 Å². The Balaban J connectivity index is 1.84. The number of carboxylic acid groups (broad SMARTS) is 1. The van der Waals surface area contributed by atoms with Gasteiger partial charge in [0.25, 0.3) is 0 Å². The van der Waals surface area contributed by atoms with E-state index in [9.17, 15) is 4.79 Å². The van der Waals surface area contributed by atoms with Gasteiger partial charge in [0.1, 0.15) is 0 Å². The van der Waals surface area contributed by atoms with E-state index in [-0.39, 0.29) is 5.41 Å². The molecule has 0 aliphatic heterocycles. The van der Waals surface area contributed by atoms with Gasteiger partial charge in [-0.15, -0.1) is 0 Å². The Bertz CT molecular complexity index is 295. The summed E-state index contributed by atoms with van der Waals surface area (Å²) in [5.41, 5.74) is 0.819. The predicted octanol–water partition coefficient (Wildman–Crippen LogP) is 2.68. The van der Waals surface area contributed by atoms with Crippen LogP contribution in [0.25, 0.3) is 0 Å². The van der Waals surface area contributed by atoms with E-state index in [1.54, 1.807) is 0 Å². The fourth-order valence-corrected chi connectivity index (χ4v) is 4.79. The van der Waals surface area contributed by atoms with Crippen molar-refractivity contribution in [3.8, 4) is 0 Å². The van der Waals surface area contributed by atoms with Crippen LogP contribution in [-0.2, 0) is 4.79 Å². The third-order valence-electron chi connectivity index (χ3n) is 4.83. The van der Waals surface area contributed by atoms with Crippen molar-refractivity contribution < 1.29 is 9.90 Å². The second kappa shape index (κ2) is 2.34. The lowest BCUT2D eigenvalue weighted by molar-refractivity contribution is -0.140. The molecule has 0 heterocycles. The first kappa shape index (κ1) is 8.75. The molecule has 3 fully saturated rings. The van der Waals surface area contributed by atoms with Crippen molar-refractivity contribution in [2.45, 2.75) is 45.4 Å². The van der Waals surface area contributed by atoms with Gasteiger partial charge < -0.3 is 5.11 Å². The second-order valence-electron chi connectivity index (χ2n) is 6.23. The van der Waals surface area contributed by atoms with Crippen LogP contribution in [0.1, 0.15) is 45.4 Å². The number of aliphatic carboxylic acids is 1. The third kappa shape index (κ3) is 1.06. The Morgan fingerprint density at radius 3 is 2.86 bits per heavy atom. The Kier molecular flexibility index (Phi) is 1.46. The molecule has 1 spiro atoms. The summed E-state index contributed by atoms with van der Waals surface area (Å²) in [7, 11) is 0. The van der Waals surface area contributed by atoms with Crippen molar-refractivity contribution in [2.75, 3.05) is 0 Å². The molecule has 4 atom stereocenters. The van der Waals surface area contributed by atoms with Crippen molar-refractivity contribution in [1.29, 1.82) is 0 Å². The molecular weight excluding hydrogens is 176 g/mol. The lowest BCUT2D eigenvalue weighted by Gasteiger charge is -2.39. The van der Waals surface area contributed by atoms with Crippen LogP contribution in [0.15, 0.2) is 0 Å². The summed E-state index contributed by atoms with van der Waals surface area (Å²) < 4.78 is 0. The van der Waals surface area contributed by atoms with Crippen molar-refractivity contribution in [2.24, 2.45) is 22.7 Å². The maximum atomic E-state index is 10.9. The zero-order chi connectivity index (χ0) is 9.97. The highest BCUT2D eigenvalue weighted by Gasteiger charge is 2.67. The first-order valence-corrected chi connectivity index (χ1v) is 5.76. The van der Waals surface area contributed by atoms with E-state index in [1.165, 1.54) is 25.7 Å². The second-order valence-corrected chi connectivity index (χ2v) is 6.23. The highest BCUT2D eigenvalue weighted by molar-refractivity contribution is 5.68. The smallest absolute Gasteiger partial charge is 0.303 e. The van der Waals surface area contributed by atoms with Gasteiger partial charge in [-0.25, -0.2) is 0 Å².